The number of aromatic nitrogens is 3. The quantitative estimate of drug-likeness (QED) is 0.509. The number of aryl methyl sites for hydroxylation is 2. The van der Waals surface area contributed by atoms with Gasteiger partial charge in [0, 0.05) is 51.1 Å². The van der Waals surface area contributed by atoms with Gasteiger partial charge in [0.05, 0.1) is 11.2 Å². The standard InChI is InChI=1S/C26H30N8O2S/c1-6-21(35)33-12-10-32(11-13-33)18-8-9-19(16(3)14-18)29-26-27-15-20-23(30-26)34(7-2)25-22(24(36)31(20)5)28-17(4)37-25/h6,8-9,14-15H,1,7,10-13H2,2-5H3,(H,27,29,30). The Morgan fingerprint density at radius 3 is 2.62 bits per heavy atom. The minimum Gasteiger partial charge on any atom is -0.368 e. The smallest absolute Gasteiger partial charge is 0.279 e. The number of hydrogen-bond donors (Lipinski definition) is 1. The van der Waals surface area contributed by atoms with Crippen molar-refractivity contribution in [1.82, 2.24) is 19.9 Å². The normalized spacial score (nSPS) is 15.3. The maximum atomic E-state index is 13.1. The number of anilines is 6. The Hall–Kier alpha value is -3.99. The van der Waals surface area contributed by atoms with E-state index in [2.05, 4.69) is 38.9 Å². The Balaban J connectivity index is 1.38. The summed E-state index contributed by atoms with van der Waals surface area (Å²) in [7, 11) is 1.73. The van der Waals surface area contributed by atoms with Crippen LogP contribution in [0.2, 0.25) is 0 Å². The van der Waals surface area contributed by atoms with E-state index in [4.69, 9.17) is 4.98 Å². The van der Waals surface area contributed by atoms with Crippen molar-refractivity contribution in [3.63, 3.8) is 0 Å². The number of nitrogens with one attached hydrogen (secondary N) is 1. The number of rotatable bonds is 5. The minimum absolute atomic E-state index is 0.0185. The number of amides is 2. The molecule has 2 aliphatic rings. The van der Waals surface area contributed by atoms with E-state index in [1.54, 1.807) is 18.1 Å². The molecule has 0 atom stereocenters. The highest BCUT2D eigenvalue weighted by Gasteiger charge is 2.33. The van der Waals surface area contributed by atoms with Crippen molar-refractivity contribution in [1.29, 1.82) is 0 Å². The molecule has 1 fully saturated rings. The summed E-state index contributed by atoms with van der Waals surface area (Å²) in [4.78, 5) is 46.5. The predicted molar refractivity (Wildman–Crippen MR) is 148 cm³/mol. The maximum absolute atomic E-state index is 13.1. The van der Waals surface area contributed by atoms with E-state index in [0.717, 1.165) is 40.0 Å². The molecule has 0 spiro atoms. The van der Waals surface area contributed by atoms with E-state index in [-0.39, 0.29) is 11.8 Å². The van der Waals surface area contributed by atoms with E-state index in [0.29, 0.717) is 42.8 Å². The van der Waals surface area contributed by atoms with Crippen LogP contribution in [0.5, 0.6) is 0 Å². The van der Waals surface area contributed by atoms with Gasteiger partial charge in [-0.25, -0.2) is 9.97 Å². The van der Waals surface area contributed by atoms with Crippen molar-refractivity contribution < 1.29 is 9.59 Å². The second kappa shape index (κ2) is 9.81. The molecule has 0 radical (unpaired) electrons. The lowest BCUT2D eigenvalue weighted by molar-refractivity contribution is -0.126. The largest absolute Gasteiger partial charge is 0.368 e. The van der Waals surface area contributed by atoms with Gasteiger partial charge in [-0.3, -0.25) is 9.59 Å². The van der Waals surface area contributed by atoms with Crippen LogP contribution in [0, 0.1) is 13.8 Å². The molecule has 2 aliphatic heterocycles. The average molecular weight is 519 g/mol. The summed E-state index contributed by atoms with van der Waals surface area (Å²) in [5.41, 5.74) is 4.16. The van der Waals surface area contributed by atoms with E-state index >= 15 is 0 Å². The molecule has 192 valence electrons. The summed E-state index contributed by atoms with van der Waals surface area (Å²) in [5.74, 6) is 0.937. The first-order valence-electron chi connectivity index (χ1n) is 12.2. The van der Waals surface area contributed by atoms with Crippen LogP contribution < -0.4 is 20.0 Å². The van der Waals surface area contributed by atoms with Crippen LogP contribution in [-0.2, 0) is 4.79 Å². The third-order valence-electron chi connectivity index (χ3n) is 6.74. The molecule has 0 aliphatic carbocycles. The van der Waals surface area contributed by atoms with E-state index in [1.165, 1.54) is 17.4 Å². The van der Waals surface area contributed by atoms with E-state index in [9.17, 15) is 9.59 Å². The summed E-state index contributed by atoms with van der Waals surface area (Å²) in [5, 5.41) is 5.00. The molecule has 2 amide bonds. The second-order valence-electron chi connectivity index (χ2n) is 9.04. The summed E-state index contributed by atoms with van der Waals surface area (Å²) >= 11 is 1.49. The highest BCUT2D eigenvalue weighted by molar-refractivity contribution is 7.16. The molecule has 1 aromatic carbocycles. The zero-order chi connectivity index (χ0) is 26.3. The number of nitrogens with zero attached hydrogens (tertiary/aromatic N) is 7. The summed E-state index contributed by atoms with van der Waals surface area (Å²) < 4.78 is 0. The van der Waals surface area contributed by atoms with Crippen LogP contribution in [0.3, 0.4) is 0 Å². The van der Waals surface area contributed by atoms with Gasteiger partial charge in [-0.05, 0) is 50.6 Å². The van der Waals surface area contributed by atoms with Crippen molar-refractivity contribution in [3.05, 3.63) is 53.3 Å². The molecule has 1 N–H and O–H groups in total. The number of thiazole rings is 1. The fraction of sp³-hybridized carbons (Fsp3) is 0.346. The molecule has 4 heterocycles. The second-order valence-corrected chi connectivity index (χ2v) is 10.2. The Bertz CT molecular complexity index is 1380. The lowest BCUT2D eigenvalue weighted by atomic mass is 10.1. The third kappa shape index (κ3) is 4.50. The molecule has 10 nitrogen and oxygen atoms in total. The fourth-order valence-electron chi connectivity index (χ4n) is 4.68. The van der Waals surface area contributed by atoms with Gasteiger partial charge in [-0.2, -0.15) is 4.98 Å². The number of benzene rings is 1. The number of carbonyl (C=O) groups excluding carboxylic acids is 2. The molecular weight excluding hydrogens is 488 g/mol. The Morgan fingerprint density at radius 1 is 1.19 bits per heavy atom. The number of fused-ring (bicyclic) bond motifs is 2. The monoisotopic (exact) mass is 518 g/mol. The fourth-order valence-corrected chi connectivity index (χ4v) is 5.65. The first-order chi connectivity index (χ1) is 17.8. The van der Waals surface area contributed by atoms with Gasteiger partial charge >= 0.3 is 0 Å². The average Bonchev–Trinajstić information content (AvgIpc) is 3.27. The minimum atomic E-state index is -0.165. The number of hydrogen-bond acceptors (Lipinski definition) is 9. The summed E-state index contributed by atoms with van der Waals surface area (Å²) in [6.07, 6.45) is 3.06. The molecule has 2 aromatic heterocycles. The van der Waals surface area contributed by atoms with Gasteiger partial charge < -0.3 is 24.9 Å². The molecule has 1 saturated heterocycles. The van der Waals surface area contributed by atoms with Gasteiger partial charge in [0.25, 0.3) is 5.91 Å². The molecule has 5 rings (SSSR count). The van der Waals surface area contributed by atoms with Gasteiger partial charge in [0.15, 0.2) is 11.5 Å². The first kappa shape index (κ1) is 24.7. The van der Waals surface area contributed by atoms with Crippen LogP contribution in [-0.4, -0.2) is 71.4 Å². The Morgan fingerprint density at radius 2 is 1.95 bits per heavy atom. The highest BCUT2D eigenvalue weighted by Crippen LogP contribution is 2.42. The molecule has 3 aromatic rings. The van der Waals surface area contributed by atoms with Crippen LogP contribution in [0.4, 0.5) is 33.8 Å². The zero-order valence-corrected chi connectivity index (χ0v) is 22.3. The molecule has 0 unspecified atom stereocenters. The number of piperazine rings is 1. The molecule has 11 heteroatoms. The van der Waals surface area contributed by atoms with Crippen molar-refractivity contribution in [2.75, 3.05) is 59.8 Å². The summed E-state index contributed by atoms with van der Waals surface area (Å²) in [6.45, 7) is 13.1. The van der Waals surface area contributed by atoms with Crippen LogP contribution in [0.1, 0.15) is 28.0 Å². The zero-order valence-electron chi connectivity index (χ0n) is 21.5. The Kier molecular flexibility index (Phi) is 6.55. The van der Waals surface area contributed by atoms with Crippen molar-refractivity contribution in [2.24, 2.45) is 0 Å². The van der Waals surface area contributed by atoms with Gasteiger partial charge in [-0.1, -0.05) is 6.58 Å². The lowest BCUT2D eigenvalue weighted by Crippen LogP contribution is -2.48. The van der Waals surface area contributed by atoms with Crippen molar-refractivity contribution in [2.45, 2.75) is 20.8 Å². The van der Waals surface area contributed by atoms with Gasteiger partial charge in [0.2, 0.25) is 11.9 Å². The van der Waals surface area contributed by atoms with Gasteiger partial charge in [0.1, 0.15) is 10.7 Å². The highest BCUT2D eigenvalue weighted by atomic mass is 32.1. The molecule has 0 bridgehead atoms. The third-order valence-corrected chi connectivity index (χ3v) is 7.73. The van der Waals surface area contributed by atoms with Crippen molar-refractivity contribution >= 4 is 57.0 Å². The van der Waals surface area contributed by atoms with Crippen LogP contribution in [0.15, 0.2) is 37.1 Å². The molecular formula is C26H30N8O2S. The predicted octanol–water partition coefficient (Wildman–Crippen LogP) is 3.88. The van der Waals surface area contributed by atoms with E-state index < -0.39 is 0 Å². The lowest BCUT2D eigenvalue weighted by Gasteiger charge is -2.36. The topological polar surface area (TPSA) is 97.8 Å². The SMILES string of the molecule is C=CC(=O)N1CCN(c2ccc(Nc3ncc4c(n3)N(CC)c3sc(C)nc3C(=O)N4C)c(C)c2)CC1. The summed E-state index contributed by atoms with van der Waals surface area (Å²) in [6, 6.07) is 6.23. The van der Waals surface area contributed by atoms with Crippen molar-refractivity contribution in [3.8, 4) is 0 Å². The molecule has 0 saturated carbocycles. The number of carbonyl (C=O) groups is 2. The van der Waals surface area contributed by atoms with E-state index in [1.807, 2.05) is 36.6 Å². The maximum Gasteiger partial charge on any atom is 0.279 e. The van der Waals surface area contributed by atoms with Gasteiger partial charge in [-0.15, -0.1) is 11.3 Å². The van der Waals surface area contributed by atoms with Crippen LogP contribution >= 0.6 is 11.3 Å². The first-order valence-corrected chi connectivity index (χ1v) is 13.1. The Labute approximate surface area is 220 Å². The molecule has 37 heavy (non-hydrogen) atoms. The van der Waals surface area contributed by atoms with Crippen LogP contribution in [0.25, 0.3) is 0 Å².